The molecule has 134 valence electrons. The molecule has 0 aliphatic carbocycles. The summed E-state index contributed by atoms with van der Waals surface area (Å²) in [6.07, 6.45) is 0. The van der Waals surface area contributed by atoms with Gasteiger partial charge >= 0.3 is 0 Å². The monoisotopic (exact) mass is 369 g/mol. The van der Waals surface area contributed by atoms with E-state index in [9.17, 15) is 4.79 Å². The number of carbonyl (C=O) groups excluding carboxylic acids is 1. The van der Waals surface area contributed by atoms with E-state index in [1.165, 1.54) is 5.39 Å². The second-order valence-corrected chi connectivity index (χ2v) is 6.31. The maximum absolute atomic E-state index is 11.8. The highest BCUT2D eigenvalue weighted by Crippen LogP contribution is 2.21. The van der Waals surface area contributed by atoms with Gasteiger partial charge in [-0.25, -0.2) is 0 Å². The first kappa shape index (κ1) is 18.1. The number of nitrogens with one attached hydrogen (secondary N) is 1. The Hall–Kier alpha value is -2.72. The molecule has 0 aliphatic rings. The van der Waals surface area contributed by atoms with Crippen LogP contribution in [0, 0.1) is 6.92 Å². The first-order chi connectivity index (χ1) is 12.6. The summed E-state index contributed by atoms with van der Waals surface area (Å²) in [5.41, 5.74) is 0.911. The summed E-state index contributed by atoms with van der Waals surface area (Å²) >= 11 is 5.96. The van der Waals surface area contributed by atoms with E-state index in [4.69, 9.17) is 21.1 Å². The summed E-state index contributed by atoms with van der Waals surface area (Å²) in [5, 5.41) is 5.74. The van der Waals surface area contributed by atoms with Gasteiger partial charge in [-0.2, -0.15) is 0 Å². The largest absolute Gasteiger partial charge is 0.492 e. The van der Waals surface area contributed by atoms with Gasteiger partial charge in [-0.3, -0.25) is 4.79 Å². The molecule has 1 amide bonds. The van der Waals surface area contributed by atoms with Crippen LogP contribution in [-0.4, -0.2) is 25.7 Å². The Balaban J connectivity index is 1.39. The third-order valence-electron chi connectivity index (χ3n) is 3.91. The molecule has 0 atom stereocenters. The van der Waals surface area contributed by atoms with Crippen molar-refractivity contribution in [3.05, 3.63) is 71.2 Å². The van der Waals surface area contributed by atoms with E-state index in [2.05, 4.69) is 11.4 Å². The molecule has 0 unspecified atom stereocenters. The molecule has 1 N–H and O–H groups in total. The van der Waals surface area contributed by atoms with E-state index in [-0.39, 0.29) is 12.5 Å². The molecule has 3 rings (SSSR count). The maximum atomic E-state index is 11.8. The molecule has 0 saturated carbocycles. The molecular formula is C21H20ClNO3. The number of hydrogen-bond acceptors (Lipinski definition) is 3. The van der Waals surface area contributed by atoms with Gasteiger partial charge in [0.05, 0.1) is 6.54 Å². The quantitative estimate of drug-likeness (QED) is 0.629. The predicted octanol–water partition coefficient (Wildman–Crippen LogP) is 4.38. The molecule has 0 aliphatic heterocycles. The van der Waals surface area contributed by atoms with Gasteiger partial charge in [-0.1, -0.05) is 41.9 Å². The lowest BCUT2D eigenvalue weighted by Gasteiger charge is -2.10. The normalized spacial score (nSPS) is 10.5. The Morgan fingerprint density at radius 2 is 1.69 bits per heavy atom. The van der Waals surface area contributed by atoms with Crippen molar-refractivity contribution in [1.82, 2.24) is 5.32 Å². The van der Waals surface area contributed by atoms with Gasteiger partial charge in [-0.15, -0.1) is 0 Å². The third kappa shape index (κ3) is 4.90. The highest BCUT2D eigenvalue weighted by Gasteiger charge is 2.04. The minimum Gasteiger partial charge on any atom is -0.492 e. The number of ether oxygens (including phenoxy) is 2. The maximum Gasteiger partial charge on any atom is 0.258 e. The number of amides is 1. The Bertz CT molecular complexity index is 911. The third-order valence-corrected chi connectivity index (χ3v) is 4.34. The van der Waals surface area contributed by atoms with Crippen molar-refractivity contribution in [2.75, 3.05) is 19.8 Å². The zero-order valence-corrected chi connectivity index (χ0v) is 15.3. The van der Waals surface area contributed by atoms with E-state index < -0.39 is 0 Å². The van der Waals surface area contributed by atoms with Crippen LogP contribution in [0.1, 0.15) is 5.56 Å². The fraction of sp³-hybridized carbons (Fsp3) is 0.190. The van der Waals surface area contributed by atoms with E-state index in [0.717, 1.165) is 16.7 Å². The molecule has 0 heterocycles. The Morgan fingerprint density at radius 1 is 0.962 bits per heavy atom. The highest BCUT2D eigenvalue weighted by atomic mass is 35.5. The Labute approximate surface area is 157 Å². The van der Waals surface area contributed by atoms with E-state index in [1.807, 2.05) is 43.3 Å². The lowest BCUT2D eigenvalue weighted by molar-refractivity contribution is -0.123. The van der Waals surface area contributed by atoms with E-state index in [1.54, 1.807) is 18.2 Å². The topological polar surface area (TPSA) is 47.6 Å². The highest BCUT2D eigenvalue weighted by molar-refractivity contribution is 6.31. The zero-order valence-electron chi connectivity index (χ0n) is 14.5. The van der Waals surface area contributed by atoms with Crippen molar-refractivity contribution in [1.29, 1.82) is 0 Å². The molecule has 0 fully saturated rings. The number of aryl methyl sites for hydroxylation is 1. The fourth-order valence-corrected chi connectivity index (χ4v) is 2.64. The predicted molar refractivity (Wildman–Crippen MR) is 104 cm³/mol. The summed E-state index contributed by atoms with van der Waals surface area (Å²) in [6.45, 7) is 2.65. The smallest absolute Gasteiger partial charge is 0.258 e. The molecule has 0 bridgehead atoms. The van der Waals surface area contributed by atoms with Crippen LogP contribution in [0.25, 0.3) is 10.8 Å². The van der Waals surface area contributed by atoms with Gasteiger partial charge < -0.3 is 14.8 Å². The summed E-state index contributed by atoms with van der Waals surface area (Å²) in [6, 6.07) is 19.3. The van der Waals surface area contributed by atoms with Crippen LogP contribution in [0.4, 0.5) is 0 Å². The summed E-state index contributed by atoms with van der Waals surface area (Å²) < 4.78 is 11.1. The van der Waals surface area contributed by atoms with Crippen LogP contribution in [0.2, 0.25) is 5.02 Å². The lowest BCUT2D eigenvalue weighted by Crippen LogP contribution is -2.32. The first-order valence-electron chi connectivity index (χ1n) is 8.39. The van der Waals surface area contributed by atoms with Crippen LogP contribution >= 0.6 is 11.6 Å². The molecular weight excluding hydrogens is 350 g/mol. The number of benzene rings is 3. The average Bonchev–Trinajstić information content (AvgIpc) is 2.66. The van der Waals surface area contributed by atoms with Gasteiger partial charge in [0.25, 0.3) is 5.91 Å². The summed E-state index contributed by atoms with van der Waals surface area (Å²) in [4.78, 5) is 11.8. The standard InChI is InChI=1S/C21H20ClNO3/c1-15-12-18(8-9-20(15)22)26-14-21(24)23-10-11-25-19-7-6-16-4-2-3-5-17(16)13-19/h2-9,12-13H,10-11,14H2,1H3,(H,23,24). The fourth-order valence-electron chi connectivity index (χ4n) is 2.52. The molecule has 0 spiro atoms. The minimum atomic E-state index is -0.195. The van der Waals surface area contributed by atoms with Gasteiger partial charge in [0.2, 0.25) is 0 Å². The molecule has 3 aromatic rings. The number of halogens is 1. The summed E-state index contributed by atoms with van der Waals surface area (Å²) in [5.74, 6) is 1.21. The second kappa shape index (κ2) is 8.59. The molecule has 3 aromatic carbocycles. The molecule has 26 heavy (non-hydrogen) atoms. The van der Waals surface area contributed by atoms with Crippen molar-refractivity contribution in [2.45, 2.75) is 6.92 Å². The van der Waals surface area contributed by atoms with E-state index in [0.29, 0.717) is 23.9 Å². The van der Waals surface area contributed by atoms with E-state index >= 15 is 0 Å². The van der Waals surface area contributed by atoms with Crippen molar-refractivity contribution < 1.29 is 14.3 Å². The van der Waals surface area contributed by atoms with Gasteiger partial charge in [-0.05, 0) is 53.6 Å². The van der Waals surface area contributed by atoms with Crippen LogP contribution in [0.5, 0.6) is 11.5 Å². The summed E-state index contributed by atoms with van der Waals surface area (Å²) in [7, 11) is 0. The minimum absolute atomic E-state index is 0.0446. The van der Waals surface area contributed by atoms with Crippen molar-refractivity contribution >= 4 is 28.3 Å². The number of rotatable bonds is 7. The van der Waals surface area contributed by atoms with Gasteiger partial charge in [0.15, 0.2) is 6.61 Å². The van der Waals surface area contributed by atoms with Crippen molar-refractivity contribution in [2.24, 2.45) is 0 Å². The van der Waals surface area contributed by atoms with Crippen molar-refractivity contribution in [3.63, 3.8) is 0 Å². The molecule has 0 saturated heterocycles. The van der Waals surface area contributed by atoms with Crippen molar-refractivity contribution in [3.8, 4) is 11.5 Å². The van der Waals surface area contributed by atoms with Crippen LogP contribution in [-0.2, 0) is 4.79 Å². The average molecular weight is 370 g/mol. The van der Waals surface area contributed by atoms with Gasteiger partial charge in [0.1, 0.15) is 18.1 Å². The molecule has 0 aromatic heterocycles. The van der Waals surface area contributed by atoms with Gasteiger partial charge in [0, 0.05) is 5.02 Å². The Morgan fingerprint density at radius 3 is 2.50 bits per heavy atom. The number of hydrogen-bond donors (Lipinski definition) is 1. The molecule has 5 heteroatoms. The first-order valence-corrected chi connectivity index (χ1v) is 8.77. The molecule has 4 nitrogen and oxygen atoms in total. The van der Waals surface area contributed by atoms with Crippen LogP contribution in [0.15, 0.2) is 60.7 Å². The second-order valence-electron chi connectivity index (χ2n) is 5.91. The SMILES string of the molecule is Cc1cc(OCC(=O)NCCOc2ccc3ccccc3c2)ccc1Cl. The zero-order chi connectivity index (χ0) is 18.4. The Kier molecular flexibility index (Phi) is 5.97. The number of carbonyl (C=O) groups is 1. The van der Waals surface area contributed by atoms with Crippen LogP contribution in [0.3, 0.4) is 0 Å². The lowest BCUT2D eigenvalue weighted by atomic mass is 10.1. The number of fused-ring (bicyclic) bond motifs is 1. The molecule has 0 radical (unpaired) electrons. The van der Waals surface area contributed by atoms with Crippen LogP contribution < -0.4 is 14.8 Å².